The van der Waals surface area contributed by atoms with Crippen LogP contribution in [0.5, 0.6) is 0 Å². The highest BCUT2D eigenvalue weighted by Gasteiger charge is 2.16. The molecule has 1 aromatic carbocycles. The second-order valence-corrected chi connectivity index (χ2v) is 6.22. The molecular formula is C20H16ClN5O. The monoisotopic (exact) mass is 377 g/mol. The van der Waals surface area contributed by atoms with E-state index in [0.717, 1.165) is 11.1 Å². The number of benzene rings is 1. The van der Waals surface area contributed by atoms with Gasteiger partial charge in [0, 0.05) is 43.6 Å². The van der Waals surface area contributed by atoms with Crippen LogP contribution in [0.2, 0.25) is 5.02 Å². The molecule has 0 bridgehead atoms. The van der Waals surface area contributed by atoms with Crippen LogP contribution in [0.4, 0.5) is 10.5 Å². The number of hydrogen-bond donors (Lipinski definition) is 1. The lowest BCUT2D eigenvalue weighted by Crippen LogP contribution is -2.34. The third-order valence-electron chi connectivity index (χ3n) is 3.85. The van der Waals surface area contributed by atoms with E-state index in [0.29, 0.717) is 29.4 Å². The number of carbonyl (C=O) groups excluding carboxylic acids is 1. The zero-order chi connectivity index (χ0) is 19.1. The van der Waals surface area contributed by atoms with Crippen LogP contribution in [0.1, 0.15) is 16.7 Å². The van der Waals surface area contributed by atoms with E-state index >= 15 is 0 Å². The number of nitrogens with one attached hydrogen (secondary N) is 1. The number of pyridine rings is 2. The van der Waals surface area contributed by atoms with Crippen LogP contribution in [0.15, 0.2) is 67.3 Å². The highest BCUT2D eigenvalue weighted by atomic mass is 35.5. The topological polar surface area (TPSA) is 81.9 Å². The van der Waals surface area contributed by atoms with E-state index in [1.165, 1.54) is 0 Å². The van der Waals surface area contributed by atoms with Crippen LogP contribution in [0.25, 0.3) is 0 Å². The molecule has 27 heavy (non-hydrogen) atoms. The van der Waals surface area contributed by atoms with Gasteiger partial charge in [0.05, 0.1) is 10.6 Å². The number of carbonyl (C=O) groups is 1. The molecule has 0 spiro atoms. The summed E-state index contributed by atoms with van der Waals surface area (Å²) in [7, 11) is 0. The number of nitrogens with zero attached hydrogens (tertiary/aromatic N) is 4. The highest BCUT2D eigenvalue weighted by molar-refractivity contribution is 6.32. The molecule has 7 heteroatoms. The molecule has 3 aromatic rings. The van der Waals surface area contributed by atoms with Gasteiger partial charge < -0.3 is 10.2 Å². The molecule has 0 atom stereocenters. The number of hydrogen-bond acceptors (Lipinski definition) is 4. The summed E-state index contributed by atoms with van der Waals surface area (Å²) < 4.78 is 0. The fourth-order valence-electron chi connectivity index (χ4n) is 2.51. The van der Waals surface area contributed by atoms with E-state index in [2.05, 4.69) is 15.3 Å². The molecule has 0 fully saturated rings. The van der Waals surface area contributed by atoms with Gasteiger partial charge in [-0.15, -0.1) is 0 Å². The van der Waals surface area contributed by atoms with Crippen molar-refractivity contribution in [2.75, 3.05) is 5.32 Å². The summed E-state index contributed by atoms with van der Waals surface area (Å²) in [4.78, 5) is 22.6. The molecule has 0 aliphatic rings. The van der Waals surface area contributed by atoms with E-state index in [4.69, 9.17) is 16.9 Å². The normalized spacial score (nSPS) is 10.1. The van der Waals surface area contributed by atoms with Crippen LogP contribution < -0.4 is 5.32 Å². The number of anilines is 1. The molecule has 134 valence electrons. The van der Waals surface area contributed by atoms with E-state index in [1.54, 1.807) is 47.9 Å². The lowest BCUT2D eigenvalue weighted by Gasteiger charge is -2.23. The van der Waals surface area contributed by atoms with E-state index in [1.807, 2.05) is 30.3 Å². The van der Waals surface area contributed by atoms with Crippen molar-refractivity contribution in [3.05, 3.63) is 89.0 Å². The van der Waals surface area contributed by atoms with Gasteiger partial charge >= 0.3 is 6.03 Å². The Hall–Kier alpha value is -3.43. The lowest BCUT2D eigenvalue weighted by molar-refractivity contribution is 0.206. The third kappa shape index (κ3) is 5.03. The van der Waals surface area contributed by atoms with Gasteiger partial charge in [-0.05, 0) is 47.5 Å². The summed E-state index contributed by atoms with van der Waals surface area (Å²) in [5.41, 5.74) is 2.76. The Bertz CT molecular complexity index is 916. The fourth-order valence-corrected chi connectivity index (χ4v) is 2.73. The third-order valence-corrected chi connectivity index (χ3v) is 4.16. The van der Waals surface area contributed by atoms with Gasteiger partial charge in [-0.3, -0.25) is 9.97 Å². The summed E-state index contributed by atoms with van der Waals surface area (Å²) in [5, 5.41) is 12.1. The summed E-state index contributed by atoms with van der Waals surface area (Å²) >= 11 is 6.05. The Labute approximate surface area is 162 Å². The van der Waals surface area contributed by atoms with Crippen molar-refractivity contribution < 1.29 is 4.79 Å². The predicted octanol–water partition coefficient (Wildman–Crippen LogP) is 4.24. The van der Waals surface area contributed by atoms with Crippen molar-refractivity contribution in [2.24, 2.45) is 0 Å². The summed E-state index contributed by atoms with van der Waals surface area (Å²) in [6.45, 7) is 0.805. The average molecular weight is 378 g/mol. The molecule has 0 unspecified atom stereocenters. The zero-order valence-electron chi connectivity index (χ0n) is 14.3. The van der Waals surface area contributed by atoms with Crippen molar-refractivity contribution >= 4 is 23.3 Å². The summed E-state index contributed by atoms with van der Waals surface area (Å²) in [5.74, 6) is 0. The quantitative estimate of drug-likeness (QED) is 0.721. The number of aromatic nitrogens is 2. The first kappa shape index (κ1) is 18.4. The number of urea groups is 1. The van der Waals surface area contributed by atoms with Crippen LogP contribution >= 0.6 is 11.6 Å². The maximum absolute atomic E-state index is 12.9. The fraction of sp³-hybridized carbons (Fsp3) is 0.100. The first-order chi connectivity index (χ1) is 13.2. The maximum Gasteiger partial charge on any atom is 0.322 e. The lowest BCUT2D eigenvalue weighted by atomic mass is 10.2. The molecule has 0 saturated carbocycles. The van der Waals surface area contributed by atoms with Crippen LogP contribution in [-0.4, -0.2) is 20.9 Å². The van der Waals surface area contributed by atoms with Crippen LogP contribution in [0.3, 0.4) is 0 Å². The number of amides is 2. The Morgan fingerprint density at radius 3 is 2.52 bits per heavy atom. The smallest absolute Gasteiger partial charge is 0.316 e. The Balaban J connectivity index is 1.79. The van der Waals surface area contributed by atoms with Gasteiger partial charge in [-0.1, -0.05) is 17.7 Å². The maximum atomic E-state index is 12.9. The van der Waals surface area contributed by atoms with Gasteiger partial charge in [0.1, 0.15) is 6.07 Å². The van der Waals surface area contributed by atoms with Crippen molar-refractivity contribution in [3.8, 4) is 6.07 Å². The Kier molecular flexibility index (Phi) is 5.98. The second-order valence-electron chi connectivity index (χ2n) is 5.81. The molecule has 0 aliphatic heterocycles. The predicted molar refractivity (Wildman–Crippen MR) is 103 cm³/mol. The standard InChI is InChI=1S/C20H16ClN5O/c21-19-10-18(4-3-17(19)11-22)25-20(27)26(13-15-5-8-23-9-6-15)14-16-2-1-7-24-12-16/h1-10,12H,13-14H2,(H,25,27). The van der Waals surface area contributed by atoms with Gasteiger partial charge in [-0.25, -0.2) is 4.79 Å². The first-order valence-electron chi connectivity index (χ1n) is 8.19. The Morgan fingerprint density at radius 1 is 1.07 bits per heavy atom. The molecule has 0 radical (unpaired) electrons. The minimum absolute atomic E-state index is 0.281. The SMILES string of the molecule is N#Cc1ccc(NC(=O)N(Cc2ccncc2)Cc2cccnc2)cc1Cl. The van der Waals surface area contributed by atoms with Crippen molar-refractivity contribution in [1.82, 2.24) is 14.9 Å². The number of rotatable bonds is 5. The van der Waals surface area contributed by atoms with E-state index in [-0.39, 0.29) is 6.03 Å². The molecule has 3 rings (SSSR count). The van der Waals surface area contributed by atoms with E-state index < -0.39 is 0 Å². The molecule has 2 amide bonds. The van der Waals surface area contributed by atoms with Gasteiger partial charge in [0.15, 0.2) is 0 Å². The minimum atomic E-state index is -0.281. The summed E-state index contributed by atoms with van der Waals surface area (Å²) in [6.07, 6.45) is 6.80. The van der Waals surface area contributed by atoms with Crippen molar-refractivity contribution in [2.45, 2.75) is 13.1 Å². The van der Waals surface area contributed by atoms with Gasteiger partial charge in [0.2, 0.25) is 0 Å². The average Bonchev–Trinajstić information content (AvgIpc) is 2.69. The van der Waals surface area contributed by atoms with Crippen molar-refractivity contribution in [3.63, 3.8) is 0 Å². The number of halogens is 1. The molecule has 0 aliphatic carbocycles. The molecule has 6 nitrogen and oxygen atoms in total. The Morgan fingerprint density at radius 2 is 1.85 bits per heavy atom. The molecular weight excluding hydrogens is 362 g/mol. The number of nitriles is 1. The minimum Gasteiger partial charge on any atom is -0.316 e. The van der Waals surface area contributed by atoms with Gasteiger partial charge in [0.25, 0.3) is 0 Å². The first-order valence-corrected chi connectivity index (χ1v) is 8.57. The van der Waals surface area contributed by atoms with Crippen LogP contribution in [-0.2, 0) is 13.1 Å². The summed E-state index contributed by atoms with van der Waals surface area (Å²) in [6, 6.07) is 14.0. The molecule has 2 heterocycles. The second kappa shape index (κ2) is 8.79. The largest absolute Gasteiger partial charge is 0.322 e. The van der Waals surface area contributed by atoms with E-state index in [9.17, 15) is 4.79 Å². The molecule has 1 N–H and O–H groups in total. The van der Waals surface area contributed by atoms with Gasteiger partial charge in [-0.2, -0.15) is 5.26 Å². The highest BCUT2D eigenvalue weighted by Crippen LogP contribution is 2.21. The van der Waals surface area contributed by atoms with Crippen molar-refractivity contribution in [1.29, 1.82) is 5.26 Å². The molecule has 0 saturated heterocycles. The van der Waals surface area contributed by atoms with Crippen LogP contribution in [0, 0.1) is 11.3 Å². The zero-order valence-corrected chi connectivity index (χ0v) is 15.1. The molecule has 2 aromatic heterocycles.